The molecule has 0 atom stereocenters. The van der Waals surface area contributed by atoms with Crippen molar-refractivity contribution in [3.63, 3.8) is 0 Å². The Labute approximate surface area is 210 Å². The van der Waals surface area contributed by atoms with Gasteiger partial charge in [0.25, 0.3) is 0 Å². The maximum absolute atomic E-state index is 6.52. The fraction of sp³-hybridized carbons (Fsp3) is 0.462. The van der Waals surface area contributed by atoms with Crippen LogP contribution in [0.5, 0.6) is 11.6 Å². The lowest BCUT2D eigenvalue weighted by Crippen LogP contribution is -2.36. The van der Waals surface area contributed by atoms with Crippen molar-refractivity contribution in [1.29, 1.82) is 0 Å². The molecule has 1 aromatic carbocycles. The van der Waals surface area contributed by atoms with Gasteiger partial charge in [-0.3, -0.25) is 4.98 Å². The highest BCUT2D eigenvalue weighted by atomic mass is 16.5. The van der Waals surface area contributed by atoms with Gasteiger partial charge in [-0.25, -0.2) is 9.97 Å². The lowest BCUT2D eigenvalue weighted by Gasteiger charge is -2.31. The lowest BCUT2D eigenvalue weighted by molar-refractivity contribution is 0.122. The van der Waals surface area contributed by atoms with E-state index in [1.165, 1.54) is 6.26 Å². The van der Waals surface area contributed by atoms with E-state index in [1.807, 2.05) is 0 Å². The first-order valence-corrected chi connectivity index (χ1v) is 12.5. The van der Waals surface area contributed by atoms with Crippen LogP contribution in [0.15, 0.2) is 49.6 Å². The summed E-state index contributed by atoms with van der Waals surface area (Å²) in [6.45, 7) is 7.52. The molecule has 1 aliphatic carbocycles. The van der Waals surface area contributed by atoms with Gasteiger partial charge in [-0.15, -0.1) is 0 Å². The topological polar surface area (TPSA) is 104 Å². The molecule has 190 valence electrons. The van der Waals surface area contributed by atoms with Crippen LogP contribution in [-0.4, -0.2) is 71.6 Å². The van der Waals surface area contributed by atoms with Crippen molar-refractivity contribution in [3.8, 4) is 11.6 Å². The van der Waals surface area contributed by atoms with Gasteiger partial charge in [-0.2, -0.15) is 4.98 Å². The van der Waals surface area contributed by atoms with E-state index in [4.69, 9.17) is 18.9 Å². The van der Waals surface area contributed by atoms with Crippen LogP contribution in [-0.2, 0) is 9.47 Å². The molecule has 1 aliphatic heterocycles. The third-order valence-corrected chi connectivity index (χ3v) is 6.40. The highest BCUT2D eigenvalue weighted by molar-refractivity contribution is 5.85. The van der Waals surface area contributed by atoms with Gasteiger partial charge in [0.2, 0.25) is 11.8 Å². The van der Waals surface area contributed by atoms with Gasteiger partial charge in [0.05, 0.1) is 31.1 Å². The number of nitrogens with one attached hydrogen (secondary N) is 1. The standard InChI is InChI=1S/C26H32N6O4/c1-2-33-15-16-35-24-7-8-29-26(31-24)30-19-3-5-21(6-4-19)36-23-18-20(32-11-13-34-14-12-32)17-22-25(23)28-10-9-27-22/h2,7-10,17-19,21H,1,3-6,11-16H2,(H,29,30,31). The van der Waals surface area contributed by atoms with E-state index in [9.17, 15) is 0 Å². The smallest absolute Gasteiger partial charge is 0.226 e. The van der Waals surface area contributed by atoms with Crippen LogP contribution in [0.1, 0.15) is 25.7 Å². The van der Waals surface area contributed by atoms with Crippen molar-refractivity contribution in [2.24, 2.45) is 0 Å². The minimum atomic E-state index is 0.119. The Hall–Kier alpha value is -3.66. The number of aromatic nitrogens is 4. The van der Waals surface area contributed by atoms with Gasteiger partial charge in [-0.05, 0) is 31.7 Å². The van der Waals surface area contributed by atoms with Crippen molar-refractivity contribution in [2.75, 3.05) is 49.7 Å². The maximum Gasteiger partial charge on any atom is 0.226 e. The van der Waals surface area contributed by atoms with Crippen LogP contribution in [0.4, 0.5) is 11.6 Å². The predicted octanol–water partition coefficient (Wildman–Crippen LogP) is 3.60. The van der Waals surface area contributed by atoms with Crippen LogP contribution < -0.4 is 19.7 Å². The third kappa shape index (κ3) is 6.12. The van der Waals surface area contributed by atoms with E-state index < -0.39 is 0 Å². The molecule has 0 amide bonds. The summed E-state index contributed by atoms with van der Waals surface area (Å²) in [4.78, 5) is 20.2. The molecule has 1 saturated heterocycles. The van der Waals surface area contributed by atoms with Gasteiger partial charge in [-0.1, -0.05) is 6.58 Å². The average Bonchev–Trinajstić information content (AvgIpc) is 2.93. The zero-order valence-corrected chi connectivity index (χ0v) is 20.3. The van der Waals surface area contributed by atoms with Crippen LogP contribution >= 0.6 is 0 Å². The molecular formula is C26H32N6O4. The van der Waals surface area contributed by atoms with E-state index >= 15 is 0 Å². The van der Waals surface area contributed by atoms with Crippen LogP contribution in [0.25, 0.3) is 11.0 Å². The van der Waals surface area contributed by atoms with Crippen molar-refractivity contribution in [1.82, 2.24) is 19.9 Å². The lowest BCUT2D eigenvalue weighted by atomic mass is 9.93. The summed E-state index contributed by atoms with van der Waals surface area (Å²) >= 11 is 0. The van der Waals surface area contributed by atoms with E-state index in [0.29, 0.717) is 25.0 Å². The monoisotopic (exact) mass is 492 g/mol. The molecular weight excluding hydrogens is 460 g/mol. The summed E-state index contributed by atoms with van der Waals surface area (Å²) in [6.07, 6.45) is 10.4. The zero-order chi connectivity index (χ0) is 24.6. The number of hydrogen-bond donors (Lipinski definition) is 1. The molecule has 0 bridgehead atoms. The Morgan fingerprint density at radius 1 is 1.03 bits per heavy atom. The molecule has 36 heavy (non-hydrogen) atoms. The molecule has 2 fully saturated rings. The minimum Gasteiger partial charge on any atom is -0.498 e. The van der Waals surface area contributed by atoms with E-state index in [2.05, 4.69) is 48.9 Å². The second-order valence-corrected chi connectivity index (χ2v) is 8.81. The number of rotatable bonds is 10. The summed E-state index contributed by atoms with van der Waals surface area (Å²) < 4.78 is 22.7. The molecule has 1 N–H and O–H groups in total. The maximum atomic E-state index is 6.52. The predicted molar refractivity (Wildman–Crippen MR) is 137 cm³/mol. The van der Waals surface area contributed by atoms with Crippen LogP contribution in [0.2, 0.25) is 0 Å². The molecule has 10 nitrogen and oxygen atoms in total. The Morgan fingerprint density at radius 2 is 1.86 bits per heavy atom. The number of anilines is 2. The van der Waals surface area contributed by atoms with Crippen molar-refractivity contribution >= 4 is 22.7 Å². The number of benzene rings is 1. The number of nitrogens with zero attached hydrogens (tertiary/aromatic N) is 5. The molecule has 0 unspecified atom stereocenters. The minimum absolute atomic E-state index is 0.119. The van der Waals surface area contributed by atoms with E-state index in [1.54, 1.807) is 24.7 Å². The fourth-order valence-electron chi connectivity index (χ4n) is 4.58. The summed E-state index contributed by atoms with van der Waals surface area (Å²) in [5.41, 5.74) is 2.76. The van der Waals surface area contributed by atoms with E-state index in [-0.39, 0.29) is 12.1 Å². The summed E-state index contributed by atoms with van der Waals surface area (Å²) in [5.74, 6) is 1.89. The quantitative estimate of drug-likeness (QED) is 0.333. The zero-order valence-electron chi connectivity index (χ0n) is 20.3. The Balaban J connectivity index is 1.19. The summed E-state index contributed by atoms with van der Waals surface area (Å²) in [6, 6.07) is 6.21. The molecule has 3 heterocycles. The second kappa shape index (κ2) is 11.9. The van der Waals surface area contributed by atoms with Gasteiger partial charge in [0, 0.05) is 55.5 Å². The number of ether oxygens (including phenoxy) is 4. The fourth-order valence-corrected chi connectivity index (χ4v) is 4.58. The Bertz CT molecular complexity index is 1150. The van der Waals surface area contributed by atoms with E-state index in [0.717, 1.165) is 74.5 Å². The van der Waals surface area contributed by atoms with Gasteiger partial charge >= 0.3 is 0 Å². The Kier molecular flexibility index (Phi) is 7.92. The molecule has 2 aromatic heterocycles. The summed E-state index contributed by atoms with van der Waals surface area (Å²) in [7, 11) is 0. The largest absolute Gasteiger partial charge is 0.498 e. The second-order valence-electron chi connectivity index (χ2n) is 8.81. The average molecular weight is 493 g/mol. The van der Waals surface area contributed by atoms with Crippen LogP contribution in [0, 0.1) is 0 Å². The first-order chi connectivity index (χ1) is 17.8. The third-order valence-electron chi connectivity index (χ3n) is 6.40. The first kappa shape index (κ1) is 24.1. The van der Waals surface area contributed by atoms with Gasteiger partial charge in [0.1, 0.15) is 24.5 Å². The molecule has 1 saturated carbocycles. The van der Waals surface area contributed by atoms with Crippen molar-refractivity contribution in [3.05, 3.63) is 49.6 Å². The van der Waals surface area contributed by atoms with Crippen LogP contribution in [0.3, 0.4) is 0 Å². The molecule has 3 aromatic rings. The normalized spacial score (nSPS) is 20.1. The van der Waals surface area contributed by atoms with Gasteiger partial charge < -0.3 is 29.2 Å². The molecule has 0 radical (unpaired) electrons. The van der Waals surface area contributed by atoms with Crippen molar-refractivity contribution < 1.29 is 18.9 Å². The molecule has 10 heteroatoms. The first-order valence-electron chi connectivity index (χ1n) is 12.5. The van der Waals surface area contributed by atoms with Gasteiger partial charge in [0.15, 0.2) is 0 Å². The number of hydrogen-bond acceptors (Lipinski definition) is 10. The Morgan fingerprint density at radius 3 is 2.69 bits per heavy atom. The highest BCUT2D eigenvalue weighted by Gasteiger charge is 2.25. The molecule has 0 spiro atoms. The molecule has 2 aliphatic rings. The highest BCUT2D eigenvalue weighted by Crippen LogP contribution is 2.33. The summed E-state index contributed by atoms with van der Waals surface area (Å²) in [5, 5.41) is 3.44. The number of fused-ring (bicyclic) bond motifs is 1. The molecule has 5 rings (SSSR count). The SMILES string of the molecule is C=COCCOc1ccnc(NC2CCC(Oc3cc(N4CCOCC4)cc4nccnc34)CC2)n1. The van der Waals surface area contributed by atoms with Crippen molar-refractivity contribution in [2.45, 2.75) is 37.8 Å². The number of morpholine rings is 1.